The van der Waals surface area contributed by atoms with Crippen LogP contribution >= 0.6 is 0 Å². The lowest BCUT2D eigenvalue weighted by atomic mass is 10.0. The molecule has 0 aliphatic rings. The van der Waals surface area contributed by atoms with Gasteiger partial charge in [0.05, 0.1) is 0 Å². The van der Waals surface area contributed by atoms with Gasteiger partial charge in [0.25, 0.3) is 0 Å². The Hall–Kier alpha value is -1.40. The van der Waals surface area contributed by atoms with E-state index in [0.29, 0.717) is 13.1 Å². The largest absolute Gasteiger partial charge is 0.478 e. The number of carbonyl (C=O) groups is 2. The van der Waals surface area contributed by atoms with Gasteiger partial charge < -0.3 is 20.0 Å². The Morgan fingerprint density at radius 1 is 0.778 bits per heavy atom. The molecule has 0 heterocycles. The Morgan fingerprint density at radius 2 is 1.06 bits per heavy atom. The predicted octanol–water partition coefficient (Wildman–Crippen LogP) is 0.356. The van der Waals surface area contributed by atoms with Gasteiger partial charge in [0.1, 0.15) is 0 Å². The van der Waals surface area contributed by atoms with Crippen molar-refractivity contribution >= 4 is 11.9 Å². The molecule has 0 saturated heterocycles. The lowest BCUT2D eigenvalue weighted by Gasteiger charge is -2.14. The third-order valence-corrected chi connectivity index (χ3v) is 2.50. The van der Waals surface area contributed by atoms with E-state index < -0.39 is 11.9 Å². The van der Waals surface area contributed by atoms with Crippen LogP contribution in [0.5, 0.6) is 0 Å². The summed E-state index contributed by atoms with van der Waals surface area (Å²) in [6, 6.07) is 0. The topological polar surface area (TPSA) is 81.1 Å². The van der Waals surface area contributed by atoms with Crippen LogP contribution in [0, 0.1) is 0 Å². The van der Waals surface area contributed by atoms with Crippen LogP contribution in [0.4, 0.5) is 0 Å². The van der Waals surface area contributed by atoms with Crippen molar-refractivity contribution < 1.29 is 19.8 Å². The van der Waals surface area contributed by atoms with Crippen LogP contribution in [-0.2, 0) is 9.59 Å². The number of hydrogen-bond acceptors (Lipinski definition) is 4. The Labute approximate surface area is 107 Å². The molecule has 0 aliphatic heterocycles. The highest BCUT2D eigenvalue weighted by atomic mass is 16.4. The minimum absolute atomic E-state index is 0.00181. The van der Waals surface area contributed by atoms with Crippen LogP contribution in [-0.4, -0.2) is 73.2 Å². The zero-order valence-electron chi connectivity index (χ0n) is 11.4. The van der Waals surface area contributed by atoms with E-state index in [0.717, 1.165) is 0 Å². The van der Waals surface area contributed by atoms with Gasteiger partial charge in [-0.3, -0.25) is 0 Å². The molecule has 0 saturated carbocycles. The van der Waals surface area contributed by atoms with Crippen molar-refractivity contribution in [3.8, 4) is 0 Å². The predicted molar refractivity (Wildman–Crippen MR) is 68.6 cm³/mol. The second-order valence-electron chi connectivity index (χ2n) is 4.67. The molecular formula is C12H22N2O4. The smallest absolute Gasteiger partial charge is 0.332 e. The first-order valence-electron chi connectivity index (χ1n) is 5.73. The van der Waals surface area contributed by atoms with E-state index in [1.165, 1.54) is 0 Å². The van der Waals surface area contributed by atoms with Crippen LogP contribution in [0.2, 0.25) is 0 Å². The average molecular weight is 258 g/mol. The van der Waals surface area contributed by atoms with Crippen LogP contribution < -0.4 is 0 Å². The summed E-state index contributed by atoms with van der Waals surface area (Å²) in [7, 11) is 7.28. The molecule has 0 bridgehead atoms. The quantitative estimate of drug-likeness (QED) is 0.612. The van der Waals surface area contributed by atoms with Gasteiger partial charge in [-0.05, 0) is 41.0 Å². The Morgan fingerprint density at radius 3 is 1.22 bits per heavy atom. The third-order valence-electron chi connectivity index (χ3n) is 2.50. The van der Waals surface area contributed by atoms with Gasteiger partial charge in [0, 0.05) is 24.2 Å². The van der Waals surface area contributed by atoms with E-state index in [2.05, 4.69) is 0 Å². The summed E-state index contributed by atoms with van der Waals surface area (Å²) >= 11 is 0. The zero-order chi connectivity index (χ0) is 14.3. The van der Waals surface area contributed by atoms with Crippen molar-refractivity contribution in [2.24, 2.45) is 0 Å². The summed E-state index contributed by atoms with van der Waals surface area (Å²) in [5.41, 5.74) is -0.00361. The molecule has 2 N–H and O–H groups in total. The van der Waals surface area contributed by atoms with Crippen LogP contribution in [0.25, 0.3) is 0 Å². The van der Waals surface area contributed by atoms with E-state index in [1.807, 2.05) is 38.0 Å². The summed E-state index contributed by atoms with van der Waals surface area (Å²) in [6.07, 6.45) is 0.467. The number of carboxylic acid groups (broad SMARTS) is 2. The van der Waals surface area contributed by atoms with Crippen LogP contribution in [0.1, 0.15) is 12.8 Å². The van der Waals surface area contributed by atoms with Gasteiger partial charge in [-0.25, -0.2) is 9.59 Å². The molecule has 0 radical (unpaired) electrons. The maximum atomic E-state index is 11.1. The number of nitrogens with zero attached hydrogens (tertiary/aromatic N) is 2. The maximum Gasteiger partial charge on any atom is 0.332 e. The summed E-state index contributed by atoms with van der Waals surface area (Å²) in [4.78, 5) is 26.0. The Kier molecular flexibility index (Phi) is 7.23. The molecule has 6 heteroatoms. The molecule has 0 aromatic carbocycles. The Balaban J connectivity index is 5.04. The SMILES string of the molecule is CN(C)CC/C(C(=O)O)=C(\CCN(C)C)C(=O)O. The summed E-state index contributed by atoms with van der Waals surface area (Å²) < 4.78 is 0. The van der Waals surface area contributed by atoms with E-state index in [4.69, 9.17) is 10.2 Å². The minimum atomic E-state index is -1.15. The van der Waals surface area contributed by atoms with E-state index in [9.17, 15) is 9.59 Å². The van der Waals surface area contributed by atoms with Gasteiger partial charge in [0.2, 0.25) is 0 Å². The molecule has 0 aromatic heterocycles. The molecule has 0 spiro atoms. The average Bonchev–Trinajstić information content (AvgIpc) is 2.20. The monoisotopic (exact) mass is 258 g/mol. The first-order valence-corrected chi connectivity index (χ1v) is 5.73. The fourth-order valence-corrected chi connectivity index (χ4v) is 1.44. The lowest BCUT2D eigenvalue weighted by Crippen LogP contribution is -2.21. The number of rotatable bonds is 8. The van der Waals surface area contributed by atoms with Crippen molar-refractivity contribution in [2.45, 2.75) is 12.8 Å². The van der Waals surface area contributed by atoms with Crippen molar-refractivity contribution in [3.63, 3.8) is 0 Å². The fourth-order valence-electron chi connectivity index (χ4n) is 1.44. The van der Waals surface area contributed by atoms with E-state index >= 15 is 0 Å². The van der Waals surface area contributed by atoms with E-state index in [-0.39, 0.29) is 24.0 Å². The molecule has 104 valence electrons. The standard InChI is InChI=1S/C12H22N2O4/c1-13(2)7-5-9(11(15)16)10(12(17)18)6-8-14(3)4/h5-8H2,1-4H3,(H,15,16)(H,17,18)/b10-9-. The van der Waals surface area contributed by atoms with Gasteiger partial charge in [-0.15, -0.1) is 0 Å². The fraction of sp³-hybridized carbons (Fsp3) is 0.667. The van der Waals surface area contributed by atoms with Crippen LogP contribution in [0.3, 0.4) is 0 Å². The normalized spacial score (nSPS) is 12.8. The highest BCUT2D eigenvalue weighted by Gasteiger charge is 2.20. The first-order chi connectivity index (χ1) is 8.25. The third kappa shape index (κ3) is 6.36. The number of hydrogen-bond donors (Lipinski definition) is 2. The zero-order valence-corrected chi connectivity index (χ0v) is 11.4. The second-order valence-corrected chi connectivity index (χ2v) is 4.67. The minimum Gasteiger partial charge on any atom is -0.478 e. The number of carboxylic acids is 2. The summed E-state index contributed by atoms with van der Waals surface area (Å²) in [5, 5.41) is 18.2. The van der Waals surface area contributed by atoms with Gasteiger partial charge in [-0.1, -0.05) is 0 Å². The second kappa shape index (κ2) is 7.84. The molecule has 0 amide bonds. The summed E-state index contributed by atoms with van der Waals surface area (Å²) in [5.74, 6) is -2.29. The van der Waals surface area contributed by atoms with Crippen molar-refractivity contribution in [1.82, 2.24) is 9.80 Å². The maximum absolute atomic E-state index is 11.1. The van der Waals surface area contributed by atoms with Crippen LogP contribution in [0.15, 0.2) is 11.1 Å². The molecule has 0 unspecified atom stereocenters. The van der Waals surface area contributed by atoms with E-state index in [1.54, 1.807) is 0 Å². The highest BCUT2D eigenvalue weighted by molar-refractivity contribution is 5.98. The van der Waals surface area contributed by atoms with Crippen molar-refractivity contribution in [1.29, 1.82) is 0 Å². The van der Waals surface area contributed by atoms with Gasteiger partial charge in [0.15, 0.2) is 0 Å². The molecule has 0 aliphatic carbocycles. The molecule has 0 fully saturated rings. The molecule has 0 aromatic rings. The molecule has 0 rings (SSSR count). The first kappa shape index (κ1) is 16.6. The molecule has 6 nitrogen and oxygen atoms in total. The molecule has 18 heavy (non-hydrogen) atoms. The molecule has 0 atom stereocenters. The lowest BCUT2D eigenvalue weighted by molar-refractivity contribution is -0.136. The Bertz CT molecular complexity index is 303. The van der Waals surface area contributed by atoms with Crippen molar-refractivity contribution in [3.05, 3.63) is 11.1 Å². The summed E-state index contributed by atoms with van der Waals surface area (Å²) in [6.45, 7) is 1.03. The molecular weight excluding hydrogens is 236 g/mol. The van der Waals surface area contributed by atoms with Gasteiger partial charge in [-0.2, -0.15) is 0 Å². The van der Waals surface area contributed by atoms with Gasteiger partial charge >= 0.3 is 11.9 Å². The highest BCUT2D eigenvalue weighted by Crippen LogP contribution is 2.14. The van der Waals surface area contributed by atoms with Crippen molar-refractivity contribution in [2.75, 3.05) is 41.3 Å². The number of aliphatic carboxylic acids is 2.